The lowest BCUT2D eigenvalue weighted by Gasteiger charge is -2.23. The fourth-order valence-corrected chi connectivity index (χ4v) is 3.29. The van der Waals surface area contributed by atoms with Crippen LogP contribution in [-0.4, -0.2) is 54.9 Å². The Balaban J connectivity index is 1.70. The van der Waals surface area contributed by atoms with Crippen LogP contribution < -0.4 is 10.1 Å². The second kappa shape index (κ2) is 9.26. The minimum atomic E-state index is -0.480. The van der Waals surface area contributed by atoms with E-state index in [0.717, 1.165) is 18.8 Å². The topological polar surface area (TPSA) is 44.7 Å². The summed E-state index contributed by atoms with van der Waals surface area (Å²) < 4.78 is 5.82. The summed E-state index contributed by atoms with van der Waals surface area (Å²) in [4.78, 5) is 2.51. The zero-order chi connectivity index (χ0) is 16.7. The van der Waals surface area contributed by atoms with Gasteiger partial charge in [-0.05, 0) is 43.5 Å². The van der Waals surface area contributed by atoms with Gasteiger partial charge in [-0.15, -0.1) is 0 Å². The Morgan fingerprint density at radius 2 is 2.13 bits per heavy atom. The molecule has 2 rings (SSSR count). The summed E-state index contributed by atoms with van der Waals surface area (Å²) in [5.74, 6) is 1.30. The maximum Gasteiger partial charge on any atom is 0.122 e. The van der Waals surface area contributed by atoms with E-state index < -0.39 is 6.10 Å². The number of likely N-dealkylation sites (tertiary alicyclic amines) is 1. The molecule has 4 nitrogen and oxygen atoms in total. The van der Waals surface area contributed by atoms with Gasteiger partial charge in [-0.25, -0.2) is 0 Å². The van der Waals surface area contributed by atoms with E-state index in [1.54, 1.807) is 0 Å². The highest BCUT2D eigenvalue weighted by atomic mass is 16.5. The van der Waals surface area contributed by atoms with Crippen molar-refractivity contribution in [3.63, 3.8) is 0 Å². The van der Waals surface area contributed by atoms with Crippen molar-refractivity contribution in [1.82, 2.24) is 10.2 Å². The number of hydrogen-bond acceptors (Lipinski definition) is 4. The molecule has 0 spiro atoms. The predicted octanol–water partition coefficient (Wildman–Crippen LogP) is 2.62. The summed E-state index contributed by atoms with van der Waals surface area (Å²) in [6.07, 6.45) is 2.07. The molecule has 1 heterocycles. The maximum absolute atomic E-state index is 10.1. The van der Waals surface area contributed by atoms with Gasteiger partial charge in [0.15, 0.2) is 0 Å². The van der Waals surface area contributed by atoms with Crippen molar-refractivity contribution in [2.75, 3.05) is 32.8 Å². The Bertz CT molecular complexity index is 464. The molecule has 1 aliphatic heterocycles. The van der Waals surface area contributed by atoms with Gasteiger partial charge in [0, 0.05) is 19.1 Å². The van der Waals surface area contributed by atoms with E-state index in [-0.39, 0.29) is 0 Å². The van der Waals surface area contributed by atoms with Gasteiger partial charge >= 0.3 is 0 Å². The molecule has 23 heavy (non-hydrogen) atoms. The van der Waals surface area contributed by atoms with Gasteiger partial charge < -0.3 is 15.2 Å². The van der Waals surface area contributed by atoms with E-state index in [9.17, 15) is 5.11 Å². The minimum Gasteiger partial charge on any atom is -0.491 e. The van der Waals surface area contributed by atoms with E-state index in [1.165, 1.54) is 24.9 Å². The van der Waals surface area contributed by atoms with E-state index >= 15 is 0 Å². The number of rotatable bonds is 9. The number of nitrogens with one attached hydrogen (secondary N) is 1. The number of ether oxygens (including phenoxy) is 1. The van der Waals surface area contributed by atoms with Gasteiger partial charge in [0.1, 0.15) is 18.5 Å². The number of nitrogens with zero attached hydrogens (tertiary/aromatic N) is 1. The molecule has 1 aliphatic rings. The van der Waals surface area contributed by atoms with Crippen molar-refractivity contribution in [1.29, 1.82) is 0 Å². The molecule has 0 radical (unpaired) electrons. The highest BCUT2D eigenvalue weighted by molar-refractivity contribution is 5.35. The Hall–Kier alpha value is -1.10. The van der Waals surface area contributed by atoms with Crippen LogP contribution in [0.5, 0.6) is 5.75 Å². The van der Waals surface area contributed by atoms with Crippen LogP contribution in [0.1, 0.15) is 45.1 Å². The summed E-state index contributed by atoms with van der Waals surface area (Å²) in [5.41, 5.74) is 1.19. The smallest absolute Gasteiger partial charge is 0.122 e. The van der Waals surface area contributed by atoms with Crippen LogP contribution in [0.4, 0.5) is 0 Å². The highest BCUT2D eigenvalue weighted by Gasteiger charge is 2.22. The Labute approximate surface area is 140 Å². The number of para-hydroxylation sites is 1. The van der Waals surface area contributed by atoms with E-state index in [0.29, 0.717) is 25.1 Å². The molecule has 130 valence electrons. The van der Waals surface area contributed by atoms with Crippen LogP contribution >= 0.6 is 0 Å². The summed E-state index contributed by atoms with van der Waals surface area (Å²) in [5, 5.41) is 13.5. The Morgan fingerprint density at radius 3 is 2.87 bits per heavy atom. The van der Waals surface area contributed by atoms with Crippen LogP contribution in [0.3, 0.4) is 0 Å². The van der Waals surface area contributed by atoms with Gasteiger partial charge in [0.2, 0.25) is 0 Å². The molecule has 2 unspecified atom stereocenters. The van der Waals surface area contributed by atoms with Gasteiger partial charge in [0.25, 0.3) is 0 Å². The fourth-order valence-electron chi connectivity index (χ4n) is 3.29. The van der Waals surface area contributed by atoms with E-state index in [1.807, 2.05) is 18.2 Å². The SMILES string of the molecule is CCN1CCCC1CNCC(O)COc1ccccc1C(C)C. The third-order valence-electron chi connectivity index (χ3n) is 4.64. The third-order valence-corrected chi connectivity index (χ3v) is 4.64. The number of likely N-dealkylation sites (N-methyl/N-ethyl adjacent to an activating group) is 1. The van der Waals surface area contributed by atoms with E-state index in [4.69, 9.17) is 4.74 Å². The second-order valence-corrected chi connectivity index (χ2v) is 6.74. The van der Waals surface area contributed by atoms with Crippen LogP contribution in [0.15, 0.2) is 24.3 Å². The van der Waals surface area contributed by atoms with Gasteiger partial charge in [-0.3, -0.25) is 4.90 Å². The quantitative estimate of drug-likeness (QED) is 0.734. The monoisotopic (exact) mass is 320 g/mol. The number of hydrogen-bond donors (Lipinski definition) is 2. The highest BCUT2D eigenvalue weighted by Crippen LogP contribution is 2.25. The number of aliphatic hydroxyl groups excluding tert-OH is 1. The molecule has 0 aliphatic carbocycles. The van der Waals surface area contributed by atoms with Gasteiger partial charge in [-0.2, -0.15) is 0 Å². The van der Waals surface area contributed by atoms with Crippen LogP contribution in [0.2, 0.25) is 0 Å². The molecule has 0 bridgehead atoms. The maximum atomic E-state index is 10.1. The van der Waals surface area contributed by atoms with Gasteiger partial charge in [-0.1, -0.05) is 39.0 Å². The third kappa shape index (κ3) is 5.48. The fraction of sp³-hybridized carbons (Fsp3) is 0.684. The Morgan fingerprint density at radius 1 is 1.35 bits per heavy atom. The molecule has 2 N–H and O–H groups in total. The zero-order valence-electron chi connectivity index (χ0n) is 14.8. The molecule has 0 amide bonds. The second-order valence-electron chi connectivity index (χ2n) is 6.74. The molecular formula is C19H32N2O2. The molecule has 0 saturated carbocycles. The molecule has 1 aromatic rings. The molecule has 4 heteroatoms. The molecule has 1 aromatic carbocycles. The minimum absolute atomic E-state index is 0.332. The normalized spacial score (nSPS) is 20.1. The van der Waals surface area contributed by atoms with Crippen LogP contribution in [-0.2, 0) is 0 Å². The number of benzene rings is 1. The average Bonchev–Trinajstić information content (AvgIpc) is 3.00. The molecule has 1 saturated heterocycles. The van der Waals surface area contributed by atoms with Crippen molar-refractivity contribution in [2.45, 2.75) is 51.7 Å². The first kappa shape index (κ1) is 18.2. The summed E-state index contributed by atoms with van der Waals surface area (Å²) in [6, 6.07) is 8.69. The number of aliphatic hydroxyl groups is 1. The van der Waals surface area contributed by atoms with E-state index in [2.05, 4.69) is 37.1 Å². The first-order chi connectivity index (χ1) is 11.1. The largest absolute Gasteiger partial charge is 0.491 e. The molecule has 2 atom stereocenters. The van der Waals surface area contributed by atoms with Crippen molar-refractivity contribution in [2.24, 2.45) is 0 Å². The van der Waals surface area contributed by atoms with Crippen LogP contribution in [0.25, 0.3) is 0 Å². The van der Waals surface area contributed by atoms with Crippen molar-refractivity contribution in [3.05, 3.63) is 29.8 Å². The predicted molar refractivity (Wildman–Crippen MR) is 95.2 cm³/mol. The standard InChI is InChI=1S/C19H32N2O2/c1-4-21-11-7-8-16(21)12-20-13-17(22)14-23-19-10-6-5-9-18(19)15(2)3/h5-6,9-10,15-17,20,22H,4,7-8,11-14H2,1-3H3. The van der Waals surface area contributed by atoms with Crippen molar-refractivity contribution in [3.8, 4) is 5.75 Å². The summed E-state index contributed by atoms with van der Waals surface area (Å²) in [6.45, 7) is 10.7. The summed E-state index contributed by atoms with van der Waals surface area (Å²) in [7, 11) is 0. The van der Waals surface area contributed by atoms with Crippen molar-refractivity contribution >= 4 is 0 Å². The lowest BCUT2D eigenvalue weighted by Crippen LogP contribution is -2.41. The molecular weight excluding hydrogens is 288 g/mol. The molecule has 0 aromatic heterocycles. The van der Waals surface area contributed by atoms with Crippen LogP contribution in [0, 0.1) is 0 Å². The molecule has 1 fully saturated rings. The average molecular weight is 320 g/mol. The van der Waals surface area contributed by atoms with Gasteiger partial charge in [0.05, 0.1) is 0 Å². The first-order valence-electron chi connectivity index (χ1n) is 8.96. The lowest BCUT2D eigenvalue weighted by atomic mass is 10.0. The first-order valence-corrected chi connectivity index (χ1v) is 8.96. The zero-order valence-corrected chi connectivity index (χ0v) is 14.8. The summed E-state index contributed by atoms with van der Waals surface area (Å²) >= 11 is 0. The Kier molecular flexibility index (Phi) is 7.34. The lowest BCUT2D eigenvalue weighted by molar-refractivity contribution is 0.104. The van der Waals surface area contributed by atoms with Crippen molar-refractivity contribution < 1.29 is 9.84 Å².